The molecule has 0 unspecified atom stereocenters. The molecule has 1 saturated carbocycles. The minimum Gasteiger partial charge on any atom is -0.321 e. The molecule has 1 heterocycles. The minimum absolute atomic E-state index is 0.0369. The highest BCUT2D eigenvalue weighted by molar-refractivity contribution is 5.38. The summed E-state index contributed by atoms with van der Waals surface area (Å²) in [7, 11) is 2.19. The van der Waals surface area contributed by atoms with Gasteiger partial charge in [0, 0.05) is 24.5 Å². The molecular formula is C15H22N2. The fraction of sp³-hybridized carbons (Fsp3) is 0.600. The van der Waals surface area contributed by atoms with Crippen LogP contribution >= 0.6 is 0 Å². The van der Waals surface area contributed by atoms with Gasteiger partial charge >= 0.3 is 0 Å². The van der Waals surface area contributed by atoms with Crippen LogP contribution in [0.5, 0.6) is 0 Å². The number of rotatable bonds is 2. The van der Waals surface area contributed by atoms with Gasteiger partial charge in [-0.2, -0.15) is 0 Å². The third kappa shape index (κ3) is 1.90. The molecule has 2 heteroatoms. The SMILES string of the molecule is CN1CC(c2ccccc2C2(N)CCCC2)C1. The molecule has 1 saturated heterocycles. The molecule has 0 spiro atoms. The van der Waals surface area contributed by atoms with Gasteiger partial charge in [0.15, 0.2) is 0 Å². The normalized spacial score (nSPS) is 24.8. The van der Waals surface area contributed by atoms with Crippen molar-refractivity contribution >= 4 is 0 Å². The number of benzene rings is 1. The number of hydrogen-bond donors (Lipinski definition) is 1. The molecule has 3 rings (SSSR count). The predicted octanol–water partition coefficient (Wildman–Crippen LogP) is 2.44. The van der Waals surface area contributed by atoms with Crippen LogP contribution in [0.4, 0.5) is 0 Å². The third-order valence-electron chi connectivity index (χ3n) is 4.50. The number of nitrogens with two attached hydrogens (primary N) is 1. The zero-order valence-corrected chi connectivity index (χ0v) is 10.7. The highest BCUT2D eigenvalue weighted by Gasteiger charge is 2.36. The average Bonchev–Trinajstić information content (AvgIpc) is 2.73. The summed E-state index contributed by atoms with van der Waals surface area (Å²) >= 11 is 0. The molecule has 0 radical (unpaired) electrons. The number of hydrogen-bond acceptors (Lipinski definition) is 2. The Balaban J connectivity index is 1.93. The Morgan fingerprint density at radius 2 is 1.82 bits per heavy atom. The summed E-state index contributed by atoms with van der Waals surface area (Å²) < 4.78 is 0. The third-order valence-corrected chi connectivity index (χ3v) is 4.50. The Hall–Kier alpha value is -0.860. The molecule has 17 heavy (non-hydrogen) atoms. The summed E-state index contributed by atoms with van der Waals surface area (Å²) in [5.41, 5.74) is 9.52. The van der Waals surface area contributed by atoms with E-state index in [-0.39, 0.29) is 5.54 Å². The molecule has 0 amide bonds. The minimum atomic E-state index is -0.0369. The number of likely N-dealkylation sites (tertiary alicyclic amines) is 1. The summed E-state index contributed by atoms with van der Waals surface area (Å²) in [6.45, 7) is 2.38. The molecule has 1 aromatic carbocycles. The Morgan fingerprint density at radius 1 is 1.18 bits per heavy atom. The van der Waals surface area contributed by atoms with Crippen molar-refractivity contribution in [1.29, 1.82) is 0 Å². The quantitative estimate of drug-likeness (QED) is 0.845. The van der Waals surface area contributed by atoms with Crippen LogP contribution in [0.3, 0.4) is 0 Å². The van der Waals surface area contributed by atoms with E-state index in [9.17, 15) is 0 Å². The Morgan fingerprint density at radius 3 is 2.47 bits per heavy atom. The van der Waals surface area contributed by atoms with Gasteiger partial charge in [-0.1, -0.05) is 37.1 Å². The van der Waals surface area contributed by atoms with Crippen LogP contribution < -0.4 is 5.73 Å². The lowest BCUT2D eigenvalue weighted by Crippen LogP contribution is -2.44. The highest BCUT2D eigenvalue weighted by Crippen LogP contribution is 2.41. The maximum absolute atomic E-state index is 6.62. The summed E-state index contributed by atoms with van der Waals surface area (Å²) in [4.78, 5) is 2.37. The maximum Gasteiger partial charge on any atom is 0.0412 e. The summed E-state index contributed by atoms with van der Waals surface area (Å²) in [5, 5.41) is 0. The van der Waals surface area contributed by atoms with Crippen molar-refractivity contribution in [2.45, 2.75) is 37.1 Å². The van der Waals surface area contributed by atoms with Crippen molar-refractivity contribution < 1.29 is 0 Å². The fourth-order valence-electron chi connectivity index (χ4n) is 3.48. The van der Waals surface area contributed by atoms with Gasteiger partial charge in [-0.05, 0) is 31.0 Å². The highest BCUT2D eigenvalue weighted by atomic mass is 15.2. The predicted molar refractivity (Wildman–Crippen MR) is 71.0 cm³/mol. The molecule has 0 bridgehead atoms. The molecule has 2 aliphatic rings. The van der Waals surface area contributed by atoms with E-state index in [1.165, 1.54) is 37.1 Å². The first kappa shape index (κ1) is 11.2. The summed E-state index contributed by atoms with van der Waals surface area (Å²) in [5.74, 6) is 0.706. The topological polar surface area (TPSA) is 29.3 Å². The zero-order valence-electron chi connectivity index (χ0n) is 10.7. The van der Waals surface area contributed by atoms with Gasteiger partial charge in [0.2, 0.25) is 0 Å². The van der Waals surface area contributed by atoms with E-state index in [4.69, 9.17) is 5.73 Å². The molecule has 92 valence electrons. The maximum atomic E-state index is 6.62. The number of nitrogens with zero attached hydrogens (tertiary/aromatic N) is 1. The van der Waals surface area contributed by atoms with Crippen molar-refractivity contribution in [1.82, 2.24) is 4.90 Å². The second-order valence-corrected chi connectivity index (χ2v) is 5.87. The van der Waals surface area contributed by atoms with Gasteiger partial charge in [0.25, 0.3) is 0 Å². The van der Waals surface area contributed by atoms with Gasteiger partial charge in [0.1, 0.15) is 0 Å². The van der Waals surface area contributed by atoms with E-state index in [1.807, 2.05) is 0 Å². The lowest BCUT2D eigenvalue weighted by Gasteiger charge is -2.39. The summed E-state index contributed by atoms with van der Waals surface area (Å²) in [6, 6.07) is 8.86. The van der Waals surface area contributed by atoms with E-state index >= 15 is 0 Å². The molecule has 0 atom stereocenters. The second-order valence-electron chi connectivity index (χ2n) is 5.87. The Labute approximate surface area is 104 Å². The van der Waals surface area contributed by atoms with Crippen molar-refractivity contribution in [3.8, 4) is 0 Å². The second kappa shape index (κ2) is 4.11. The standard InChI is InChI=1S/C15H22N2/c1-17-10-12(11-17)13-6-2-3-7-14(13)15(16)8-4-5-9-15/h2-3,6-7,12H,4-5,8-11,16H2,1H3. The Kier molecular flexibility index (Phi) is 2.72. The van der Waals surface area contributed by atoms with Crippen molar-refractivity contribution in [3.05, 3.63) is 35.4 Å². The van der Waals surface area contributed by atoms with Crippen molar-refractivity contribution in [2.24, 2.45) is 5.73 Å². The van der Waals surface area contributed by atoms with E-state index in [1.54, 1.807) is 0 Å². The number of likely N-dealkylation sites (N-methyl/N-ethyl adjacent to an activating group) is 1. The van der Waals surface area contributed by atoms with Crippen LogP contribution in [0.15, 0.2) is 24.3 Å². The lowest BCUT2D eigenvalue weighted by atomic mass is 9.79. The molecule has 2 nitrogen and oxygen atoms in total. The van der Waals surface area contributed by atoms with Gasteiger partial charge in [-0.25, -0.2) is 0 Å². The molecular weight excluding hydrogens is 208 g/mol. The summed E-state index contributed by atoms with van der Waals surface area (Å²) in [6.07, 6.45) is 4.89. The molecule has 1 aromatic rings. The molecule has 2 fully saturated rings. The van der Waals surface area contributed by atoms with Crippen LogP contribution in [-0.2, 0) is 5.54 Å². The van der Waals surface area contributed by atoms with Crippen LogP contribution in [0, 0.1) is 0 Å². The van der Waals surface area contributed by atoms with Crippen LogP contribution in [0.2, 0.25) is 0 Å². The first-order chi connectivity index (χ1) is 8.19. The van der Waals surface area contributed by atoms with E-state index in [0.717, 1.165) is 12.8 Å². The first-order valence-corrected chi connectivity index (χ1v) is 6.76. The average molecular weight is 230 g/mol. The molecule has 2 N–H and O–H groups in total. The van der Waals surface area contributed by atoms with Crippen molar-refractivity contribution in [3.63, 3.8) is 0 Å². The zero-order chi connectivity index (χ0) is 11.9. The first-order valence-electron chi connectivity index (χ1n) is 6.76. The van der Waals surface area contributed by atoms with Crippen LogP contribution in [0.1, 0.15) is 42.7 Å². The monoisotopic (exact) mass is 230 g/mol. The van der Waals surface area contributed by atoms with Crippen molar-refractivity contribution in [2.75, 3.05) is 20.1 Å². The van der Waals surface area contributed by atoms with E-state index in [0.29, 0.717) is 5.92 Å². The fourth-order valence-corrected chi connectivity index (χ4v) is 3.48. The van der Waals surface area contributed by atoms with Crippen LogP contribution in [-0.4, -0.2) is 25.0 Å². The van der Waals surface area contributed by atoms with Gasteiger partial charge in [0.05, 0.1) is 0 Å². The van der Waals surface area contributed by atoms with Gasteiger partial charge in [-0.3, -0.25) is 0 Å². The molecule has 1 aliphatic carbocycles. The van der Waals surface area contributed by atoms with E-state index < -0.39 is 0 Å². The van der Waals surface area contributed by atoms with Gasteiger partial charge in [-0.15, -0.1) is 0 Å². The van der Waals surface area contributed by atoms with Crippen LogP contribution in [0.25, 0.3) is 0 Å². The molecule has 0 aromatic heterocycles. The smallest absolute Gasteiger partial charge is 0.0412 e. The Bertz CT molecular complexity index is 401. The molecule has 1 aliphatic heterocycles. The lowest BCUT2D eigenvalue weighted by molar-refractivity contribution is 0.187. The largest absolute Gasteiger partial charge is 0.321 e. The van der Waals surface area contributed by atoms with Gasteiger partial charge < -0.3 is 10.6 Å². The van der Waals surface area contributed by atoms with E-state index in [2.05, 4.69) is 36.2 Å².